The van der Waals surface area contributed by atoms with Crippen molar-refractivity contribution in [1.82, 2.24) is 0 Å². The van der Waals surface area contributed by atoms with Gasteiger partial charge in [-0.25, -0.2) is 0 Å². The average Bonchev–Trinajstić information content (AvgIpc) is 2.70. The van der Waals surface area contributed by atoms with Crippen LogP contribution >= 0.6 is 11.8 Å². The minimum atomic E-state index is -1.03. The van der Waals surface area contributed by atoms with Crippen molar-refractivity contribution in [3.05, 3.63) is 23.8 Å². The van der Waals surface area contributed by atoms with E-state index in [0.717, 1.165) is 23.5 Å². The molecule has 4 nitrogen and oxygen atoms in total. The van der Waals surface area contributed by atoms with Crippen molar-refractivity contribution in [3.63, 3.8) is 0 Å². The van der Waals surface area contributed by atoms with Gasteiger partial charge in [0.15, 0.2) is 6.10 Å². The number of hydrogen-bond donors (Lipinski definition) is 2. The van der Waals surface area contributed by atoms with E-state index in [-0.39, 0.29) is 5.91 Å². The molecule has 0 bridgehead atoms. The number of nitrogens with zero attached hydrogens (tertiary/aromatic N) is 1. The van der Waals surface area contributed by atoms with Gasteiger partial charge < -0.3 is 15.3 Å². The molecule has 0 aliphatic carbocycles. The molecule has 1 aliphatic heterocycles. The topological polar surface area (TPSA) is 52.6 Å². The van der Waals surface area contributed by atoms with Crippen LogP contribution in [0.5, 0.6) is 0 Å². The lowest BCUT2D eigenvalue weighted by Gasteiger charge is -2.29. The number of thioether (sulfide) groups is 1. The summed E-state index contributed by atoms with van der Waals surface area (Å²) < 4.78 is 0. The van der Waals surface area contributed by atoms with E-state index in [0.29, 0.717) is 11.6 Å². The molecule has 0 radical (unpaired) electrons. The highest BCUT2D eigenvalue weighted by Gasteiger charge is 2.29. The Morgan fingerprint density at radius 1 is 1.53 bits per heavy atom. The highest BCUT2D eigenvalue weighted by atomic mass is 32.2. The van der Waals surface area contributed by atoms with Crippen LogP contribution in [0, 0.1) is 0 Å². The summed E-state index contributed by atoms with van der Waals surface area (Å²) in [6, 6.07) is 6.20. The summed E-state index contributed by atoms with van der Waals surface area (Å²) in [6.45, 7) is 2.18. The molecule has 2 rings (SSSR count). The third kappa shape index (κ3) is 2.72. The van der Waals surface area contributed by atoms with Gasteiger partial charge in [-0.05, 0) is 24.8 Å². The molecule has 2 unspecified atom stereocenters. The maximum atomic E-state index is 11.4. The lowest BCUT2D eigenvalue weighted by molar-refractivity contribution is -0.123. The number of aliphatic hydroxyl groups excluding tert-OH is 1. The van der Waals surface area contributed by atoms with E-state index in [1.165, 1.54) is 0 Å². The highest BCUT2D eigenvalue weighted by Crippen LogP contribution is 2.34. The molecule has 0 saturated carbocycles. The Morgan fingerprint density at radius 3 is 2.89 bits per heavy atom. The van der Waals surface area contributed by atoms with Crippen molar-refractivity contribution in [2.24, 2.45) is 0 Å². The Hall–Kier alpha value is -1.20. The first-order chi connectivity index (χ1) is 9.08. The van der Waals surface area contributed by atoms with E-state index in [9.17, 15) is 9.90 Å². The first kappa shape index (κ1) is 14.2. The van der Waals surface area contributed by atoms with E-state index < -0.39 is 6.10 Å². The molecule has 5 heteroatoms. The van der Waals surface area contributed by atoms with E-state index in [2.05, 4.69) is 30.4 Å². The van der Waals surface area contributed by atoms with E-state index in [4.69, 9.17) is 0 Å². The van der Waals surface area contributed by atoms with Crippen LogP contribution in [0.2, 0.25) is 0 Å². The van der Waals surface area contributed by atoms with Crippen LogP contribution in [0.1, 0.15) is 25.0 Å². The molecule has 2 atom stereocenters. The Balaban J connectivity index is 2.23. The standard InChI is InChI=1S/C14H20N2O2S/c1-4-9(8-19-3)16(2)10-5-6-11-12(7-10)15-14(18)13(11)17/h5-7,9,13,17H,4,8H2,1-3H3,(H,15,18). The van der Waals surface area contributed by atoms with Crippen molar-refractivity contribution < 1.29 is 9.90 Å². The van der Waals surface area contributed by atoms with Gasteiger partial charge >= 0.3 is 0 Å². The van der Waals surface area contributed by atoms with Crippen LogP contribution in [-0.4, -0.2) is 36.1 Å². The predicted molar refractivity (Wildman–Crippen MR) is 80.9 cm³/mol. The molecular weight excluding hydrogens is 260 g/mol. The van der Waals surface area contributed by atoms with Gasteiger partial charge in [-0.3, -0.25) is 4.79 Å². The number of rotatable bonds is 5. The molecule has 1 aromatic carbocycles. The van der Waals surface area contributed by atoms with Gasteiger partial charge in [-0.2, -0.15) is 11.8 Å². The molecule has 1 aromatic rings. The van der Waals surface area contributed by atoms with Crippen molar-refractivity contribution in [3.8, 4) is 0 Å². The Labute approximate surface area is 118 Å². The van der Waals surface area contributed by atoms with Crippen LogP contribution in [0.25, 0.3) is 0 Å². The van der Waals surface area contributed by atoms with Crippen LogP contribution in [-0.2, 0) is 4.79 Å². The van der Waals surface area contributed by atoms with Gasteiger partial charge in [0.1, 0.15) is 0 Å². The number of amides is 1. The number of aliphatic hydroxyl groups is 1. The maximum Gasteiger partial charge on any atom is 0.257 e. The lowest BCUT2D eigenvalue weighted by atomic mass is 10.1. The Kier molecular flexibility index (Phi) is 4.37. The number of anilines is 2. The molecule has 19 heavy (non-hydrogen) atoms. The SMILES string of the molecule is CCC(CSC)N(C)c1ccc2c(c1)NC(=O)C2O. The number of carbonyl (C=O) groups excluding carboxylic acids is 1. The fourth-order valence-corrected chi connectivity index (χ4v) is 3.20. The Bertz CT molecular complexity index is 479. The minimum absolute atomic E-state index is 0.342. The quantitative estimate of drug-likeness (QED) is 0.868. The van der Waals surface area contributed by atoms with Gasteiger partial charge in [0, 0.05) is 35.8 Å². The highest BCUT2D eigenvalue weighted by molar-refractivity contribution is 7.98. The van der Waals surface area contributed by atoms with Gasteiger partial charge in [0.2, 0.25) is 0 Å². The fraction of sp³-hybridized carbons (Fsp3) is 0.500. The second-order valence-electron chi connectivity index (χ2n) is 4.79. The summed E-state index contributed by atoms with van der Waals surface area (Å²) >= 11 is 1.83. The third-order valence-electron chi connectivity index (χ3n) is 3.62. The predicted octanol–water partition coefficient (Wildman–Crippen LogP) is 2.25. The molecule has 1 heterocycles. The zero-order valence-electron chi connectivity index (χ0n) is 11.5. The zero-order chi connectivity index (χ0) is 14.0. The smallest absolute Gasteiger partial charge is 0.257 e. The van der Waals surface area contributed by atoms with Crippen LogP contribution < -0.4 is 10.2 Å². The van der Waals surface area contributed by atoms with Crippen LogP contribution in [0.4, 0.5) is 11.4 Å². The molecule has 104 valence electrons. The third-order valence-corrected chi connectivity index (χ3v) is 4.34. The first-order valence-electron chi connectivity index (χ1n) is 6.43. The van der Waals surface area contributed by atoms with Crippen LogP contribution in [0.15, 0.2) is 18.2 Å². The minimum Gasteiger partial charge on any atom is -0.378 e. The van der Waals surface area contributed by atoms with E-state index >= 15 is 0 Å². The van der Waals surface area contributed by atoms with E-state index in [1.807, 2.05) is 30.0 Å². The largest absolute Gasteiger partial charge is 0.378 e. The van der Waals surface area contributed by atoms with Crippen molar-refractivity contribution >= 4 is 29.0 Å². The van der Waals surface area contributed by atoms with Crippen LogP contribution in [0.3, 0.4) is 0 Å². The summed E-state index contributed by atoms with van der Waals surface area (Å²) in [7, 11) is 2.07. The molecule has 0 aromatic heterocycles. The number of fused-ring (bicyclic) bond motifs is 1. The zero-order valence-corrected chi connectivity index (χ0v) is 12.3. The summed E-state index contributed by atoms with van der Waals surface area (Å²) in [5.41, 5.74) is 2.45. The molecule has 0 saturated heterocycles. The molecule has 0 spiro atoms. The summed E-state index contributed by atoms with van der Waals surface area (Å²) in [6.07, 6.45) is 2.15. The first-order valence-corrected chi connectivity index (χ1v) is 7.82. The normalized spacial score (nSPS) is 18.9. The Morgan fingerprint density at radius 2 is 2.26 bits per heavy atom. The number of carbonyl (C=O) groups is 1. The van der Waals surface area contributed by atoms with E-state index in [1.54, 1.807) is 0 Å². The number of hydrogen-bond acceptors (Lipinski definition) is 4. The molecule has 1 amide bonds. The van der Waals surface area contributed by atoms with Gasteiger partial charge in [-0.15, -0.1) is 0 Å². The number of nitrogens with one attached hydrogen (secondary N) is 1. The van der Waals surface area contributed by atoms with Gasteiger partial charge in [-0.1, -0.05) is 13.0 Å². The number of benzene rings is 1. The second-order valence-corrected chi connectivity index (χ2v) is 5.70. The van der Waals surface area contributed by atoms with Gasteiger partial charge in [0.25, 0.3) is 5.91 Å². The average molecular weight is 280 g/mol. The molecule has 0 fully saturated rings. The molecule has 2 N–H and O–H groups in total. The fourth-order valence-electron chi connectivity index (χ4n) is 2.36. The molecular formula is C14H20N2O2S. The summed E-state index contributed by atoms with van der Waals surface area (Å²) in [5.74, 6) is 0.727. The monoisotopic (exact) mass is 280 g/mol. The van der Waals surface area contributed by atoms with Crippen molar-refractivity contribution in [2.45, 2.75) is 25.5 Å². The summed E-state index contributed by atoms with van der Waals surface area (Å²) in [5, 5.41) is 12.4. The molecule has 1 aliphatic rings. The maximum absolute atomic E-state index is 11.4. The summed E-state index contributed by atoms with van der Waals surface area (Å²) in [4.78, 5) is 13.7. The van der Waals surface area contributed by atoms with Crippen molar-refractivity contribution in [1.29, 1.82) is 0 Å². The van der Waals surface area contributed by atoms with Crippen molar-refractivity contribution in [2.75, 3.05) is 29.3 Å². The second kappa shape index (κ2) is 5.84. The lowest BCUT2D eigenvalue weighted by Crippen LogP contribution is -2.33. The van der Waals surface area contributed by atoms with Gasteiger partial charge in [0.05, 0.1) is 0 Å².